The highest BCUT2D eigenvalue weighted by atomic mass is 31.2. The molecule has 7 nitrogen and oxygen atoms in total. The summed E-state index contributed by atoms with van der Waals surface area (Å²) in [6.07, 6.45) is 0. The molecule has 0 radical (unpaired) electrons. The lowest BCUT2D eigenvalue weighted by molar-refractivity contribution is 0.274. The summed E-state index contributed by atoms with van der Waals surface area (Å²) in [6.45, 7) is 0. The van der Waals surface area contributed by atoms with Crippen molar-refractivity contribution in [1.82, 2.24) is 0 Å². The quantitative estimate of drug-likeness (QED) is 0.179. The molecule has 0 fully saturated rings. The summed E-state index contributed by atoms with van der Waals surface area (Å²) >= 11 is 0. The molecule has 0 aliphatic heterocycles. The lowest BCUT2D eigenvalue weighted by atomic mass is 10.3. The average molecular weight is 194 g/mol. The number of hydrogen-bond donors (Lipinski definition) is 6. The van der Waals surface area contributed by atoms with Crippen LogP contribution in [0.25, 0.3) is 0 Å². The third kappa shape index (κ3) is 2020. The second-order valence-corrected chi connectivity index (χ2v) is 1.89. The minimum Gasteiger partial charge on any atom is -0.402 e. The highest BCUT2D eigenvalue weighted by Gasteiger charge is 2.00. The maximum Gasteiger partial charge on any atom is 0.631 e. The van der Waals surface area contributed by atoms with Gasteiger partial charge < -0.3 is 29.8 Å². The molecule has 10 heavy (non-hydrogen) atoms. The molecule has 0 heterocycles. The van der Waals surface area contributed by atoms with Crippen molar-refractivity contribution in [2.45, 2.75) is 0 Å². The van der Waals surface area contributed by atoms with Gasteiger partial charge >= 0.3 is 15.1 Å². The minimum atomic E-state index is -4.64. The van der Waals surface area contributed by atoms with Crippen LogP contribution in [0, 0.1) is 0 Å². The first kappa shape index (κ1) is 16.8. The van der Waals surface area contributed by atoms with Gasteiger partial charge in [0.2, 0.25) is 0 Å². The molecule has 0 rings (SSSR count). The minimum absolute atomic E-state index is 0. The van der Waals surface area contributed by atoms with Crippen LogP contribution in [0.3, 0.4) is 0 Å². The second-order valence-electron chi connectivity index (χ2n) is 0.860. The molecule has 0 spiro atoms. The van der Waals surface area contributed by atoms with Crippen LogP contribution in [0.4, 0.5) is 0 Å². The van der Waals surface area contributed by atoms with E-state index in [4.69, 9.17) is 34.3 Å². The van der Waals surface area contributed by atoms with E-state index in [2.05, 4.69) is 0 Å². The van der Waals surface area contributed by atoms with Gasteiger partial charge in [-0.3, -0.25) is 0 Å². The molecule has 0 aromatic heterocycles. The second kappa shape index (κ2) is 7.59. The van der Waals surface area contributed by atoms with E-state index >= 15 is 0 Å². The molecule has 64 valence electrons. The van der Waals surface area contributed by atoms with Crippen molar-refractivity contribution in [1.29, 1.82) is 0 Å². The highest BCUT2D eigenvalue weighted by molar-refractivity contribution is 7.45. The van der Waals surface area contributed by atoms with E-state index in [1.165, 1.54) is 0 Å². The standard InChI is InChI=1S/BH3O3.H3O4P.H3P/c2-1(3)4;1-5(2,3)4;/h2-4H;(H3,1,2,3,4);1H3. The Morgan fingerprint density at radius 1 is 1.00 bits per heavy atom. The molecule has 6 N–H and O–H groups in total. The van der Waals surface area contributed by atoms with E-state index in [9.17, 15) is 0 Å². The Morgan fingerprint density at radius 2 is 1.00 bits per heavy atom. The van der Waals surface area contributed by atoms with Crippen LogP contribution < -0.4 is 0 Å². The van der Waals surface area contributed by atoms with Crippen LogP contribution in [0.1, 0.15) is 0 Å². The number of hydrogen-bond acceptors (Lipinski definition) is 4. The van der Waals surface area contributed by atoms with Gasteiger partial charge in [-0.2, -0.15) is 9.90 Å². The van der Waals surface area contributed by atoms with Crippen LogP contribution in [-0.2, 0) is 4.57 Å². The Hall–Kier alpha value is 0.485. The number of phosphoric acid groups is 1. The summed E-state index contributed by atoms with van der Waals surface area (Å²) in [5.41, 5.74) is 0. The van der Waals surface area contributed by atoms with Gasteiger partial charge in [0.1, 0.15) is 0 Å². The Morgan fingerprint density at radius 3 is 1.00 bits per heavy atom. The van der Waals surface area contributed by atoms with Crippen LogP contribution in [0.5, 0.6) is 0 Å². The first-order valence-electron chi connectivity index (χ1n) is 1.56. The van der Waals surface area contributed by atoms with Crippen LogP contribution in [0.2, 0.25) is 0 Å². The van der Waals surface area contributed by atoms with Gasteiger partial charge in [0.15, 0.2) is 0 Å². The molecular formula is H9BO7P2. The molecule has 0 aliphatic carbocycles. The van der Waals surface area contributed by atoms with E-state index < -0.39 is 15.1 Å². The van der Waals surface area contributed by atoms with Gasteiger partial charge in [-0.25, -0.2) is 4.57 Å². The summed E-state index contributed by atoms with van der Waals surface area (Å²) < 4.78 is 8.88. The molecule has 0 amide bonds. The van der Waals surface area contributed by atoms with Gasteiger partial charge in [0, 0.05) is 0 Å². The Labute approximate surface area is 60.4 Å². The zero-order chi connectivity index (χ0) is 8.08. The maximum atomic E-state index is 8.88. The molecule has 1 unspecified atom stereocenters. The van der Waals surface area contributed by atoms with Crippen LogP contribution in [-0.4, -0.2) is 37.1 Å². The van der Waals surface area contributed by atoms with Crippen LogP contribution in [0.15, 0.2) is 0 Å². The normalized spacial score (nSPS) is 8.60. The van der Waals surface area contributed by atoms with E-state index in [-0.39, 0.29) is 9.90 Å². The number of rotatable bonds is 0. The van der Waals surface area contributed by atoms with E-state index in [0.717, 1.165) is 0 Å². The lowest BCUT2D eigenvalue weighted by Crippen LogP contribution is -2.07. The molecule has 0 aromatic rings. The third-order valence-electron chi connectivity index (χ3n) is 0. The Kier molecular flexibility index (Phi) is 12.8. The molecule has 0 saturated heterocycles. The van der Waals surface area contributed by atoms with Gasteiger partial charge in [0.25, 0.3) is 0 Å². The highest BCUT2D eigenvalue weighted by Crippen LogP contribution is 2.25. The molecule has 0 aliphatic rings. The summed E-state index contributed by atoms with van der Waals surface area (Å²) in [7, 11) is -6.81. The summed E-state index contributed by atoms with van der Waals surface area (Å²) in [6, 6.07) is 0. The van der Waals surface area contributed by atoms with Crippen molar-refractivity contribution in [3.05, 3.63) is 0 Å². The fourth-order valence-corrected chi connectivity index (χ4v) is 0. The fraction of sp³-hybridized carbons (Fsp3) is 0. The SMILES string of the molecule is O=P(O)(O)O.OB(O)O.P. The lowest BCUT2D eigenvalue weighted by Gasteiger charge is -1.82. The van der Waals surface area contributed by atoms with Crippen LogP contribution >= 0.6 is 17.7 Å². The van der Waals surface area contributed by atoms with Gasteiger partial charge in [-0.05, 0) is 0 Å². The molecule has 0 bridgehead atoms. The molecular weight excluding hydrogens is 185 g/mol. The third-order valence-corrected chi connectivity index (χ3v) is 0. The molecule has 1 atom stereocenters. The zero-order valence-corrected chi connectivity index (χ0v) is 7.13. The van der Waals surface area contributed by atoms with Gasteiger partial charge in [0.05, 0.1) is 0 Å². The maximum absolute atomic E-state index is 8.88. The van der Waals surface area contributed by atoms with E-state index in [0.29, 0.717) is 0 Å². The van der Waals surface area contributed by atoms with E-state index in [1.54, 1.807) is 0 Å². The Balaban J connectivity index is -0.0000000910. The largest absolute Gasteiger partial charge is 0.631 e. The molecule has 0 aromatic carbocycles. The monoisotopic (exact) mass is 194 g/mol. The summed E-state index contributed by atoms with van der Waals surface area (Å²) in [5, 5.41) is 21.5. The summed E-state index contributed by atoms with van der Waals surface area (Å²) in [4.78, 5) is 21.6. The van der Waals surface area contributed by atoms with Crippen molar-refractivity contribution in [2.75, 3.05) is 0 Å². The fourth-order valence-electron chi connectivity index (χ4n) is 0. The summed E-state index contributed by atoms with van der Waals surface area (Å²) in [5.74, 6) is 0. The van der Waals surface area contributed by atoms with Crippen molar-refractivity contribution in [2.24, 2.45) is 0 Å². The van der Waals surface area contributed by atoms with Gasteiger partial charge in [-0.1, -0.05) is 0 Å². The predicted molar refractivity (Wildman–Crippen MR) is 37.8 cm³/mol. The molecule has 10 heteroatoms. The van der Waals surface area contributed by atoms with Crippen molar-refractivity contribution >= 4 is 25.0 Å². The predicted octanol–water partition coefficient (Wildman–Crippen LogP) is -2.92. The topological polar surface area (TPSA) is 138 Å². The first-order chi connectivity index (χ1) is 3.73. The average Bonchev–Trinajstić information content (AvgIpc) is 1.19. The first-order valence-corrected chi connectivity index (χ1v) is 3.12. The van der Waals surface area contributed by atoms with Gasteiger partial charge in [-0.15, -0.1) is 0 Å². The molecule has 0 saturated carbocycles. The zero-order valence-electron chi connectivity index (χ0n) is 4.82. The van der Waals surface area contributed by atoms with Crippen molar-refractivity contribution in [3.8, 4) is 0 Å². The van der Waals surface area contributed by atoms with Crippen molar-refractivity contribution in [3.63, 3.8) is 0 Å². The van der Waals surface area contributed by atoms with E-state index in [1.807, 2.05) is 0 Å². The smallest absolute Gasteiger partial charge is 0.402 e. The van der Waals surface area contributed by atoms with Crippen molar-refractivity contribution < 1.29 is 34.3 Å². The Bertz CT molecular complexity index is 82.8.